The normalized spacial score (nSPS) is 12.1. The van der Waals surface area contributed by atoms with Gasteiger partial charge in [0, 0.05) is 16.1 Å². The number of fused-ring (bicyclic) bond motifs is 1. The van der Waals surface area contributed by atoms with Crippen LogP contribution in [-0.4, -0.2) is 26.5 Å². The van der Waals surface area contributed by atoms with E-state index in [4.69, 9.17) is 11.6 Å². The quantitative estimate of drug-likeness (QED) is 0.710. The van der Waals surface area contributed by atoms with Gasteiger partial charge in [0.25, 0.3) is 5.56 Å². The molecule has 1 atom stereocenters. The average Bonchev–Trinajstić information content (AvgIpc) is 3.01. The molecule has 0 radical (unpaired) electrons. The van der Waals surface area contributed by atoms with Gasteiger partial charge in [0.15, 0.2) is 0 Å². The van der Waals surface area contributed by atoms with Gasteiger partial charge in [-0.2, -0.15) is 0 Å². The molecule has 2 aromatic heterocycles. The van der Waals surface area contributed by atoms with Crippen molar-refractivity contribution in [3.8, 4) is 0 Å². The molecule has 1 amide bonds. The molecule has 2 heterocycles. The first-order valence-electron chi connectivity index (χ1n) is 7.59. The second kappa shape index (κ2) is 6.89. The summed E-state index contributed by atoms with van der Waals surface area (Å²) in [6.07, 6.45) is 0. The maximum Gasteiger partial charge on any atom is 0.337 e. The number of rotatable bonds is 4. The van der Waals surface area contributed by atoms with Crippen molar-refractivity contribution in [2.24, 2.45) is 0 Å². The number of thiophene rings is 1. The van der Waals surface area contributed by atoms with Crippen molar-refractivity contribution < 1.29 is 14.7 Å². The van der Waals surface area contributed by atoms with Gasteiger partial charge >= 0.3 is 5.97 Å². The number of carboxylic acid groups (broad SMARTS) is 1. The van der Waals surface area contributed by atoms with Gasteiger partial charge in [0.05, 0.1) is 10.9 Å². The Morgan fingerprint density at radius 1 is 1.31 bits per heavy atom. The highest BCUT2D eigenvalue weighted by Gasteiger charge is 2.24. The average molecular weight is 392 g/mol. The summed E-state index contributed by atoms with van der Waals surface area (Å²) in [5, 5.41) is 13.9. The summed E-state index contributed by atoms with van der Waals surface area (Å²) >= 11 is 6.90. The topological polar surface area (TPSA) is 101 Å². The molecule has 1 aromatic carbocycles. The van der Waals surface area contributed by atoms with E-state index in [0.29, 0.717) is 21.4 Å². The number of aromatic nitrogens is 2. The van der Waals surface area contributed by atoms with Crippen LogP contribution in [0.3, 0.4) is 0 Å². The Bertz CT molecular complexity index is 1070. The van der Waals surface area contributed by atoms with Crippen molar-refractivity contribution in [1.29, 1.82) is 0 Å². The van der Waals surface area contributed by atoms with Crippen LogP contribution in [0.2, 0.25) is 5.02 Å². The van der Waals surface area contributed by atoms with Crippen LogP contribution in [0, 0.1) is 6.92 Å². The molecule has 7 nitrogen and oxygen atoms in total. The number of aromatic carboxylic acids is 1. The molecule has 1 unspecified atom stereocenters. The molecular formula is C17H14ClN3O4S. The van der Waals surface area contributed by atoms with E-state index in [9.17, 15) is 19.5 Å². The smallest absolute Gasteiger partial charge is 0.337 e. The van der Waals surface area contributed by atoms with Crippen molar-refractivity contribution in [1.82, 2.24) is 9.55 Å². The molecule has 0 fully saturated rings. The second-order valence-corrected chi connectivity index (χ2v) is 6.94. The Labute approximate surface area is 156 Å². The number of carbonyl (C=O) groups is 2. The lowest BCUT2D eigenvalue weighted by atomic mass is 10.2. The van der Waals surface area contributed by atoms with Crippen molar-refractivity contribution in [3.63, 3.8) is 0 Å². The Morgan fingerprint density at radius 2 is 1.96 bits per heavy atom. The lowest BCUT2D eigenvalue weighted by Gasteiger charge is -2.17. The number of benzene rings is 1. The van der Waals surface area contributed by atoms with Crippen LogP contribution in [0.4, 0.5) is 5.69 Å². The summed E-state index contributed by atoms with van der Waals surface area (Å²) < 4.78 is 1.20. The van der Waals surface area contributed by atoms with E-state index in [1.807, 2.05) is 0 Å². The maximum absolute atomic E-state index is 12.8. The zero-order chi connectivity index (χ0) is 19.0. The van der Waals surface area contributed by atoms with E-state index in [1.165, 1.54) is 9.95 Å². The van der Waals surface area contributed by atoms with Gasteiger partial charge in [-0.15, -0.1) is 11.3 Å². The van der Waals surface area contributed by atoms with Gasteiger partial charge in [-0.05, 0) is 38.1 Å². The molecule has 0 bridgehead atoms. The van der Waals surface area contributed by atoms with Gasteiger partial charge in [-0.25, -0.2) is 9.78 Å². The molecule has 134 valence electrons. The molecule has 26 heavy (non-hydrogen) atoms. The van der Waals surface area contributed by atoms with Crippen LogP contribution >= 0.6 is 22.9 Å². The number of carbonyl (C=O) groups excluding carboxylic acids is 1. The number of nitrogens with one attached hydrogen (secondary N) is 1. The highest BCUT2D eigenvalue weighted by Crippen LogP contribution is 2.23. The van der Waals surface area contributed by atoms with Crippen LogP contribution in [0.25, 0.3) is 10.2 Å². The zero-order valence-electron chi connectivity index (χ0n) is 13.8. The highest BCUT2D eigenvalue weighted by atomic mass is 35.5. The number of aryl methyl sites for hydroxylation is 1. The van der Waals surface area contributed by atoms with Gasteiger partial charge in [-0.1, -0.05) is 11.6 Å². The third kappa shape index (κ3) is 3.21. The molecule has 0 saturated carbocycles. The number of anilines is 1. The van der Waals surface area contributed by atoms with E-state index < -0.39 is 23.5 Å². The van der Waals surface area contributed by atoms with E-state index >= 15 is 0 Å². The monoisotopic (exact) mass is 391 g/mol. The summed E-state index contributed by atoms with van der Waals surface area (Å²) in [4.78, 5) is 41.4. The van der Waals surface area contributed by atoms with Crippen LogP contribution in [0.5, 0.6) is 0 Å². The largest absolute Gasteiger partial charge is 0.478 e. The number of halogens is 1. The third-order valence-corrected chi connectivity index (χ3v) is 5.05. The highest BCUT2D eigenvalue weighted by molar-refractivity contribution is 7.17. The fourth-order valence-electron chi connectivity index (χ4n) is 2.62. The van der Waals surface area contributed by atoms with Gasteiger partial charge in [0.2, 0.25) is 5.91 Å². The predicted octanol–water partition coefficient (Wildman–Crippen LogP) is 3.32. The predicted molar refractivity (Wildman–Crippen MR) is 100 cm³/mol. The molecule has 9 heteroatoms. The minimum atomic E-state index is -1.20. The summed E-state index contributed by atoms with van der Waals surface area (Å²) in [6, 6.07) is 5.68. The van der Waals surface area contributed by atoms with E-state index in [-0.39, 0.29) is 10.9 Å². The molecule has 3 aromatic rings. The molecule has 0 saturated heterocycles. The first kappa shape index (κ1) is 18.1. The van der Waals surface area contributed by atoms with E-state index in [1.54, 1.807) is 38.1 Å². The fraction of sp³-hybridized carbons (Fsp3) is 0.176. The SMILES string of the molecule is Cc1nc2scc(C(=O)O)c2c(=O)n1C(C)C(=O)Nc1ccc(Cl)cc1. The number of amides is 1. The summed E-state index contributed by atoms with van der Waals surface area (Å²) in [5.74, 6) is -1.30. The molecule has 0 aliphatic heterocycles. The standard InChI is InChI=1S/C17H14ClN3O4S/c1-8(14(22)20-11-5-3-10(18)4-6-11)21-9(2)19-15-13(16(21)23)12(7-26-15)17(24)25/h3-8H,1-2H3,(H,20,22)(H,24,25). The molecule has 2 N–H and O–H groups in total. The van der Waals surface area contributed by atoms with Crippen LogP contribution in [0.1, 0.15) is 29.1 Å². The lowest BCUT2D eigenvalue weighted by Crippen LogP contribution is -2.34. The summed E-state index contributed by atoms with van der Waals surface area (Å²) in [6.45, 7) is 3.16. The minimum Gasteiger partial charge on any atom is -0.478 e. The Hall–Kier alpha value is -2.71. The van der Waals surface area contributed by atoms with Crippen molar-refractivity contribution in [2.75, 3.05) is 5.32 Å². The summed E-state index contributed by atoms with van der Waals surface area (Å²) in [7, 11) is 0. The third-order valence-electron chi connectivity index (χ3n) is 3.93. The fourth-order valence-corrected chi connectivity index (χ4v) is 3.69. The lowest BCUT2D eigenvalue weighted by molar-refractivity contribution is -0.118. The number of carboxylic acids is 1. The number of hydrogen-bond donors (Lipinski definition) is 2. The van der Waals surface area contributed by atoms with Crippen LogP contribution < -0.4 is 10.9 Å². The van der Waals surface area contributed by atoms with E-state index in [2.05, 4.69) is 10.3 Å². The van der Waals surface area contributed by atoms with Crippen molar-refractivity contribution in [2.45, 2.75) is 19.9 Å². The second-order valence-electron chi connectivity index (χ2n) is 5.64. The Balaban J connectivity index is 2.02. The van der Waals surface area contributed by atoms with Crippen molar-refractivity contribution in [3.05, 3.63) is 56.4 Å². The molecular weight excluding hydrogens is 378 g/mol. The first-order valence-corrected chi connectivity index (χ1v) is 8.85. The summed E-state index contributed by atoms with van der Waals surface area (Å²) in [5.41, 5.74) is -0.126. The van der Waals surface area contributed by atoms with Crippen molar-refractivity contribution >= 4 is 50.7 Å². The Kier molecular flexibility index (Phi) is 4.80. The number of nitrogens with zero attached hydrogens (tertiary/aromatic N) is 2. The van der Waals surface area contributed by atoms with Crippen LogP contribution in [-0.2, 0) is 4.79 Å². The molecule has 3 rings (SSSR count). The van der Waals surface area contributed by atoms with Gasteiger partial charge in [0.1, 0.15) is 16.7 Å². The molecule has 0 aliphatic carbocycles. The minimum absolute atomic E-state index is 0.0132. The van der Waals surface area contributed by atoms with Gasteiger partial charge < -0.3 is 10.4 Å². The van der Waals surface area contributed by atoms with Gasteiger partial charge in [-0.3, -0.25) is 14.2 Å². The van der Waals surface area contributed by atoms with Crippen LogP contribution in [0.15, 0.2) is 34.4 Å². The molecule has 0 spiro atoms. The zero-order valence-corrected chi connectivity index (χ0v) is 15.4. The van der Waals surface area contributed by atoms with E-state index in [0.717, 1.165) is 11.3 Å². The molecule has 0 aliphatic rings. The Morgan fingerprint density at radius 3 is 2.58 bits per heavy atom. The number of hydrogen-bond acceptors (Lipinski definition) is 5. The maximum atomic E-state index is 12.8. The first-order chi connectivity index (χ1) is 12.3.